The molecule has 1 atom stereocenters. The summed E-state index contributed by atoms with van der Waals surface area (Å²) in [6.07, 6.45) is 3.75. The minimum Gasteiger partial charge on any atom is -0.393 e. The van der Waals surface area contributed by atoms with E-state index in [1.165, 1.54) is 0 Å². The minimum atomic E-state index is -1.08. The van der Waals surface area contributed by atoms with E-state index in [0.717, 1.165) is 25.7 Å². The molecule has 3 heteroatoms. The summed E-state index contributed by atoms with van der Waals surface area (Å²) in [5.74, 6) is 0. The van der Waals surface area contributed by atoms with Crippen LogP contribution in [0.15, 0.2) is 0 Å². The van der Waals surface area contributed by atoms with Gasteiger partial charge < -0.3 is 14.9 Å². The van der Waals surface area contributed by atoms with Crippen LogP contribution in [-0.4, -0.2) is 33.6 Å². The first kappa shape index (κ1) is 9.44. The van der Waals surface area contributed by atoms with Crippen LogP contribution < -0.4 is 0 Å². The fraction of sp³-hybridized carbons (Fsp3) is 1.00. The largest absolute Gasteiger partial charge is 0.393 e. The zero-order valence-electron chi connectivity index (χ0n) is 8.34. The van der Waals surface area contributed by atoms with Gasteiger partial charge in [-0.2, -0.15) is 0 Å². The molecule has 2 bridgehead atoms. The highest BCUT2D eigenvalue weighted by atomic mass is 16.6. The predicted molar refractivity (Wildman–Crippen MR) is 48.4 cm³/mol. The van der Waals surface area contributed by atoms with Gasteiger partial charge in [0.2, 0.25) is 0 Å². The quantitative estimate of drug-likeness (QED) is 0.671. The van der Waals surface area contributed by atoms with E-state index in [1.807, 2.05) is 0 Å². The molecule has 0 aromatic carbocycles. The molecule has 0 saturated carbocycles. The lowest BCUT2D eigenvalue weighted by Gasteiger charge is -2.38. The number of ether oxygens (including phenoxy) is 1. The maximum absolute atomic E-state index is 10.0. The van der Waals surface area contributed by atoms with Gasteiger partial charge >= 0.3 is 0 Å². The van der Waals surface area contributed by atoms with Crippen molar-refractivity contribution in [1.29, 1.82) is 0 Å². The first-order chi connectivity index (χ1) is 5.93. The summed E-state index contributed by atoms with van der Waals surface area (Å²) in [6.45, 7) is 3.54. The molecule has 0 amide bonds. The number of hydrogen-bond acceptors (Lipinski definition) is 3. The van der Waals surface area contributed by atoms with Crippen LogP contribution in [-0.2, 0) is 4.74 Å². The Morgan fingerprint density at radius 3 is 2.15 bits per heavy atom. The third kappa shape index (κ3) is 1.14. The van der Waals surface area contributed by atoms with Crippen LogP contribution in [0.1, 0.15) is 39.5 Å². The molecule has 2 aliphatic heterocycles. The van der Waals surface area contributed by atoms with Gasteiger partial charge in [-0.05, 0) is 39.5 Å². The van der Waals surface area contributed by atoms with E-state index in [1.54, 1.807) is 6.92 Å². The van der Waals surface area contributed by atoms with E-state index in [-0.39, 0.29) is 12.2 Å². The molecule has 2 heterocycles. The maximum Gasteiger partial charge on any atom is 0.114 e. The highest BCUT2D eigenvalue weighted by Gasteiger charge is 2.60. The number of rotatable bonds is 2. The minimum absolute atomic E-state index is 0.0425. The normalized spacial score (nSPS) is 48.0. The maximum atomic E-state index is 10.0. The summed E-state index contributed by atoms with van der Waals surface area (Å²) in [6, 6.07) is 0. The van der Waals surface area contributed by atoms with Crippen LogP contribution in [0.4, 0.5) is 0 Å². The van der Waals surface area contributed by atoms with Gasteiger partial charge in [-0.1, -0.05) is 0 Å². The van der Waals surface area contributed by atoms with Gasteiger partial charge in [-0.15, -0.1) is 0 Å². The van der Waals surface area contributed by atoms with Crippen molar-refractivity contribution < 1.29 is 14.9 Å². The van der Waals surface area contributed by atoms with E-state index < -0.39 is 11.2 Å². The van der Waals surface area contributed by atoms with Gasteiger partial charge in [0.05, 0.1) is 17.8 Å². The first-order valence-corrected chi connectivity index (χ1v) is 4.97. The van der Waals surface area contributed by atoms with Crippen molar-refractivity contribution in [3.8, 4) is 0 Å². The molecule has 0 aliphatic carbocycles. The Morgan fingerprint density at radius 2 is 1.85 bits per heavy atom. The fourth-order valence-corrected chi connectivity index (χ4v) is 2.65. The van der Waals surface area contributed by atoms with Gasteiger partial charge in [0.1, 0.15) is 5.60 Å². The predicted octanol–water partition coefficient (Wildman–Crippen LogP) is 0.831. The zero-order chi connectivity index (χ0) is 9.74. The van der Waals surface area contributed by atoms with Crippen LogP contribution in [0.3, 0.4) is 0 Å². The number of aliphatic hydroxyl groups excluding tert-OH is 1. The number of hydrogen-bond donors (Lipinski definition) is 2. The van der Waals surface area contributed by atoms with Crippen LogP contribution in [0.2, 0.25) is 0 Å². The molecule has 2 rings (SSSR count). The van der Waals surface area contributed by atoms with Crippen molar-refractivity contribution >= 4 is 0 Å². The molecular formula is C10H18O3. The van der Waals surface area contributed by atoms with E-state index in [9.17, 15) is 5.11 Å². The molecule has 2 fully saturated rings. The van der Waals surface area contributed by atoms with Crippen molar-refractivity contribution in [2.24, 2.45) is 0 Å². The molecule has 2 aliphatic rings. The summed E-state index contributed by atoms with van der Waals surface area (Å²) in [5.41, 5.74) is -1.60. The van der Waals surface area contributed by atoms with Crippen molar-refractivity contribution in [2.45, 2.75) is 56.3 Å². The van der Waals surface area contributed by atoms with Crippen LogP contribution in [0.25, 0.3) is 0 Å². The summed E-state index contributed by atoms with van der Waals surface area (Å²) < 4.78 is 5.89. The molecule has 13 heavy (non-hydrogen) atoms. The Morgan fingerprint density at radius 1 is 1.31 bits per heavy atom. The van der Waals surface area contributed by atoms with Crippen LogP contribution in [0.5, 0.6) is 0 Å². The van der Waals surface area contributed by atoms with Crippen molar-refractivity contribution in [2.75, 3.05) is 6.61 Å². The summed E-state index contributed by atoms with van der Waals surface area (Å²) >= 11 is 0. The van der Waals surface area contributed by atoms with Gasteiger partial charge in [0, 0.05) is 0 Å². The SMILES string of the molecule is CC12CCC(C(C)(O)CO)(CC1)O2. The second-order valence-electron chi connectivity index (χ2n) is 4.98. The smallest absolute Gasteiger partial charge is 0.114 e. The standard InChI is InChI=1S/C10H18O3/c1-8-3-5-10(13-8,6-4-8)9(2,12)7-11/h11-12H,3-7H2,1-2H3. The molecule has 0 aromatic rings. The Kier molecular flexibility index (Phi) is 1.79. The highest BCUT2D eigenvalue weighted by molar-refractivity contribution is 5.11. The highest BCUT2D eigenvalue weighted by Crippen LogP contribution is 2.54. The molecule has 0 aromatic heterocycles. The van der Waals surface area contributed by atoms with Gasteiger partial charge in [0.25, 0.3) is 0 Å². The molecule has 2 N–H and O–H groups in total. The summed E-state index contributed by atoms with van der Waals surface area (Å²) in [5, 5.41) is 19.2. The molecule has 0 spiro atoms. The van der Waals surface area contributed by atoms with Gasteiger partial charge in [-0.3, -0.25) is 0 Å². The Labute approximate surface area is 78.7 Å². The lowest BCUT2D eigenvalue weighted by molar-refractivity contribution is -0.173. The number of fused-ring (bicyclic) bond motifs is 2. The Hall–Kier alpha value is -0.120. The van der Waals surface area contributed by atoms with Gasteiger partial charge in [0.15, 0.2) is 0 Å². The van der Waals surface area contributed by atoms with Gasteiger partial charge in [-0.25, -0.2) is 0 Å². The van der Waals surface area contributed by atoms with Crippen LogP contribution in [0, 0.1) is 0 Å². The average Bonchev–Trinajstić information content (AvgIpc) is 2.59. The summed E-state index contributed by atoms with van der Waals surface area (Å²) in [4.78, 5) is 0. The van der Waals surface area contributed by atoms with E-state index >= 15 is 0 Å². The molecule has 76 valence electrons. The Balaban J connectivity index is 2.25. The topological polar surface area (TPSA) is 49.7 Å². The second kappa shape index (κ2) is 2.47. The zero-order valence-corrected chi connectivity index (χ0v) is 8.34. The first-order valence-electron chi connectivity index (χ1n) is 4.97. The Bertz CT molecular complexity index is 214. The van der Waals surface area contributed by atoms with Crippen molar-refractivity contribution in [3.05, 3.63) is 0 Å². The third-order valence-corrected chi connectivity index (χ3v) is 3.85. The number of aliphatic hydroxyl groups is 2. The average molecular weight is 186 g/mol. The fourth-order valence-electron chi connectivity index (χ4n) is 2.65. The molecule has 3 nitrogen and oxygen atoms in total. The van der Waals surface area contributed by atoms with Crippen molar-refractivity contribution in [1.82, 2.24) is 0 Å². The van der Waals surface area contributed by atoms with Crippen molar-refractivity contribution in [3.63, 3.8) is 0 Å². The molecule has 1 unspecified atom stereocenters. The molecular weight excluding hydrogens is 168 g/mol. The molecule has 2 saturated heterocycles. The lowest BCUT2D eigenvalue weighted by Crippen LogP contribution is -2.53. The lowest BCUT2D eigenvalue weighted by atomic mass is 9.74. The van der Waals surface area contributed by atoms with E-state index in [4.69, 9.17) is 9.84 Å². The van der Waals surface area contributed by atoms with E-state index in [0.29, 0.717) is 0 Å². The summed E-state index contributed by atoms with van der Waals surface area (Å²) in [7, 11) is 0. The second-order valence-corrected chi connectivity index (χ2v) is 4.98. The molecule has 0 radical (unpaired) electrons. The monoisotopic (exact) mass is 186 g/mol. The van der Waals surface area contributed by atoms with Crippen LogP contribution >= 0.6 is 0 Å². The third-order valence-electron chi connectivity index (χ3n) is 3.85. The van der Waals surface area contributed by atoms with E-state index in [2.05, 4.69) is 6.92 Å².